The Bertz CT molecular complexity index is 837. The third-order valence-corrected chi connectivity index (χ3v) is 7.30. The van der Waals surface area contributed by atoms with Gasteiger partial charge < -0.3 is 15.2 Å². The minimum absolute atomic E-state index is 0.0402. The lowest BCUT2D eigenvalue weighted by atomic mass is 10.1. The molecule has 0 spiro atoms. The standard InChI is InChI=1S/C15H19N5O2S2/c1-7-8(2)17-18-14-11(7)12(16)13(23-14)15(21)19-5-10-4-9(19)6-20(10)24(3)22/h9-10H,4-6,16H2,1-3H3. The lowest BCUT2D eigenvalue weighted by Gasteiger charge is -2.32. The van der Waals surface area contributed by atoms with E-state index in [1.807, 2.05) is 23.1 Å². The van der Waals surface area contributed by atoms with Gasteiger partial charge in [0.05, 0.1) is 30.0 Å². The van der Waals surface area contributed by atoms with Crippen LogP contribution in [0.5, 0.6) is 0 Å². The zero-order valence-electron chi connectivity index (χ0n) is 13.8. The molecule has 2 aliphatic rings. The number of likely N-dealkylation sites (tertiary alicyclic amines) is 1. The molecule has 0 saturated carbocycles. The Morgan fingerprint density at radius 1 is 1.33 bits per heavy atom. The van der Waals surface area contributed by atoms with Crippen LogP contribution in [0.15, 0.2) is 0 Å². The summed E-state index contributed by atoms with van der Waals surface area (Å²) in [6.45, 7) is 5.12. The average Bonchev–Trinajstić information content (AvgIpc) is 3.22. The van der Waals surface area contributed by atoms with Gasteiger partial charge in [-0.15, -0.1) is 20.7 Å². The fourth-order valence-electron chi connectivity index (χ4n) is 3.72. The first-order chi connectivity index (χ1) is 11.4. The van der Waals surface area contributed by atoms with Gasteiger partial charge in [0.2, 0.25) is 0 Å². The van der Waals surface area contributed by atoms with Crippen LogP contribution in [0.3, 0.4) is 0 Å². The first kappa shape index (κ1) is 16.1. The number of carbonyl (C=O) groups excluding carboxylic acids is 1. The number of rotatable bonds is 2. The van der Waals surface area contributed by atoms with Gasteiger partial charge in [-0.2, -0.15) is 5.10 Å². The van der Waals surface area contributed by atoms with Crippen molar-refractivity contribution in [1.29, 1.82) is 0 Å². The number of hydrogen-bond acceptors (Lipinski definition) is 7. The van der Waals surface area contributed by atoms with Gasteiger partial charge in [0.25, 0.3) is 5.91 Å². The molecule has 2 N–H and O–H groups in total. The lowest BCUT2D eigenvalue weighted by Crippen LogP contribution is -2.50. The van der Waals surface area contributed by atoms with Crippen molar-refractivity contribution in [2.75, 3.05) is 25.1 Å². The summed E-state index contributed by atoms with van der Waals surface area (Å²) >= 11 is 0.332. The molecule has 2 fully saturated rings. The number of nitrogens with two attached hydrogens (primary N) is 1. The van der Waals surface area contributed by atoms with Gasteiger partial charge in [0.1, 0.15) is 16.0 Å². The second kappa shape index (κ2) is 5.55. The molecule has 24 heavy (non-hydrogen) atoms. The first-order valence-corrected chi connectivity index (χ1v) is 10.1. The lowest BCUT2D eigenvalue weighted by molar-refractivity contribution is 0.0688. The molecule has 4 heterocycles. The summed E-state index contributed by atoms with van der Waals surface area (Å²) in [7, 11) is 0. The van der Waals surface area contributed by atoms with Crippen LogP contribution < -0.4 is 5.73 Å². The van der Waals surface area contributed by atoms with E-state index in [4.69, 9.17) is 5.73 Å². The molecule has 0 radical (unpaired) electrons. The molecular weight excluding hydrogens is 346 g/mol. The molecule has 2 aliphatic heterocycles. The average molecular weight is 365 g/mol. The quantitative estimate of drug-likeness (QED) is 0.800. The number of nitrogens with zero attached hydrogens (tertiary/aromatic N) is 4. The molecule has 128 valence electrons. The van der Waals surface area contributed by atoms with E-state index in [9.17, 15) is 9.35 Å². The third kappa shape index (κ3) is 2.22. The van der Waals surface area contributed by atoms with Gasteiger partial charge in [-0.1, -0.05) is 0 Å². The number of aromatic nitrogens is 2. The van der Waals surface area contributed by atoms with Gasteiger partial charge in [-0.25, -0.2) is 0 Å². The molecule has 9 heteroatoms. The van der Waals surface area contributed by atoms with Crippen LogP contribution >= 0.6 is 11.3 Å². The summed E-state index contributed by atoms with van der Waals surface area (Å²) in [5, 5.41) is 9.15. The topological polar surface area (TPSA) is 98.4 Å². The van der Waals surface area contributed by atoms with Crippen LogP contribution in [-0.2, 0) is 11.4 Å². The highest BCUT2D eigenvalue weighted by Gasteiger charge is 2.49. The van der Waals surface area contributed by atoms with Gasteiger partial charge in [0.15, 0.2) is 0 Å². The monoisotopic (exact) mass is 365 g/mol. The predicted molar refractivity (Wildman–Crippen MR) is 95.3 cm³/mol. The summed E-state index contributed by atoms with van der Waals surface area (Å²) < 4.78 is 13.7. The molecule has 2 aromatic rings. The van der Waals surface area contributed by atoms with Crippen LogP contribution in [0.25, 0.3) is 10.2 Å². The Balaban J connectivity index is 1.66. The number of aryl methyl sites for hydroxylation is 2. The highest BCUT2D eigenvalue weighted by Crippen LogP contribution is 2.39. The van der Waals surface area contributed by atoms with E-state index in [0.717, 1.165) is 23.1 Å². The maximum Gasteiger partial charge on any atom is 0.266 e. The Labute approximate surface area is 147 Å². The highest BCUT2D eigenvalue weighted by atomic mass is 32.2. The van der Waals surface area contributed by atoms with Gasteiger partial charge >= 0.3 is 0 Å². The number of thiophene rings is 1. The molecular formula is C15H19N5O2S2. The maximum absolute atomic E-state index is 13.0. The van der Waals surface area contributed by atoms with E-state index in [1.54, 1.807) is 6.26 Å². The fraction of sp³-hybridized carbons (Fsp3) is 0.533. The molecule has 2 aromatic heterocycles. The number of nitrogen functional groups attached to an aromatic ring is 1. The number of carbonyl (C=O) groups is 1. The molecule has 4 rings (SSSR count). The third-order valence-electron chi connectivity index (χ3n) is 5.11. The Kier molecular flexibility index (Phi) is 3.72. The van der Waals surface area contributed by atoms with E-state index in [-0.39, 0.29) is 18.0 Å². The van der Waals surface area contributed by atoms with Crippen molar-refractivity contribution >= 4 is 44.5 Å². The zero-order valence-corrected chi connectivity index (χ0v) is 15.4. The summed E-state index contributed by atoms with van der Waals surface area (Å²) in [4.78, 5) is 16.1. The molecule has 3 atom stereocenters. The van der Waals surface area contributed by atoms with Crippen LogP contribution in [-0.4, -0.2) is 61.3 Å². The van der Waals surface area contributed by atoms with E-state index >= 15 is 0 Å². The fourth-order valence-corrected chi connectivity index (χ4v) is 5.74. The van der Waals surface area contributed by atoms with Crippen molar-refractivity contribution in [3.63, 3.8) is 0 Å². The van der Waals surface area contributed by atoms with Gasteiger partial charge in [-0.05, 0) is 25.8 Å². The number of fused-ring (bicyclic) bond motifs is 3. The maximum atomic E-state index is 13.0. The largest absolute Gasteiger partial charge is 0.598 e. The van der Waals surface area contributed by atoms with Crippen molar-refractivity contribution in [2.45, 2.75) is 32.4 Å². The molecule has 0 aliphatic carbocycles. The molecule has 2 saturated heterocycles. The minimum Gasteiger partial charge on any atom is -0.598 e. The predicted octanol–water partition coefficient (Wildman–Crippen LogP) is 1.08. The molecule has 2 bridgehead atoms. The number of amides is 1. The van der Waals surface area contributed by atoms with E-state index < -0.39 is 11.4 Å². The van der Waals surface area contributed by atoms with Crippen molar-refractivity contribution < 1.29 is 9.35 Å². The van der Waals surface area contributed by atoms with Gasteiger partial charge in [-0.3, -0.25) is 4.79 Å². The second-order valence-corrected chi connectivity index (χ2v) is 8.78. The SMILES string of the molecule is Cc1nnc2sc(C(=O)N3CC4CC3CN4[S+](C)[O-])c(N)c2c1C. The smallest absolute Gasteiger partial charge is 0.266 e. The summed E-state index contributed by atoms with van der Waals surface area (Å²) in [5.41, 5.74) is 8.60. The Hall–Kier alpha value is -1.42. The van der Waals surface area contributed by atoms with Crippen LogP contribution in [0, 0.1) is 13.8 Å². The Morgan fingerprint density at radius 2 is 2.08 bits per heavy atom. The Morgan fingerprint density at radius 3 is 2.71 bits per heavy atom. The van der Waals surface area contributed by atoms with E-state index in [1.165, 1.54) is 11.3 Å². The van der Waals surface area contributed by atoms with Crippen molar-refractivity contribution in [3.05, 3.63) is 16.1 Å². The van der Waals surface area contributed by atoms with Crippen LogP contribution in [0.2, 0.25) is 0 Å². The van der Waals surface area contributed by atoms with E-state index in [2.05, 4.69) is 10.2 Å². The molecule has 7 nitrogen and oxygen atoms in total. The molecule has 3 unspecified atom stereocenters. The summed E-state index contributed by atoms with van der Waals surface area (Å²) in [6.07, 6.45) is 2.58. The number of piperazine rings is 1. The second-order valence-electron chi connectivity index (χ2n) is 6.46. The molecule has 1 amide bonds. The first-order valence-electron chi connectivity index (χ1n) is 7.81. The highest BCUT2D eigenvalue weighted by molar-refractivity contribution is 7.88. The molecule has 0 aromatic carbocycles. The van der Waals surface area contributed by atoms with Gasteiger partial charge in [0, 0.05) is 23.3 Å². The summed E-state index contributed by atoms with van der Waals surface area (Å²) in [5.74, 6) is -0.0402. The van der Waals surface area contributed by atoms with Crippen LogP contribution in [0.4, 0.5) is 5.69 Å². The zero-order chi connectivity index (χ0) is 17.2. The van der Waals surface area contributed by atoms with Crippen LogP contribution in [0.1, 0.15) is 27.3 Å². The minimum atomic E-state index is -0.981. The van der Waals surface area contributed by atoms with Crippen molar-refractivity contribution in [2.24, 2.45) is 0 Å². The van der Waals surface area contributed by atoms with E-state index in [0.29, 0.717) is 28.5 Å². The van der Waals surface area contributed by atoms with Crippen molar-refractivity contribution in [3.8, 4) is 0 Å². The number of hydrogen-bond donors (Lipinski definition) is 1. The normalized spacial score (nSPS) is 24.9. The summed E-state index contributed by atoms with van der Waals surface area (Å²) in [6, 6.07) is 0.300. The number of anilines is 1. The van der Waals surface area contributed by atoms with Crippen molar-refractivity contribution in [1.82, 2.24) is 19.4 Å².